The Morgan fingerprint density at radius 3 is 2.88 bits per heavy atom. The number of benzene rings is 1. The Morgan fingerprint density at radius 1 is 1.59 bits per heavy atom. The van der Waals surface area contributed by atoms with Gasteiger partial charge in [0.05, 0.1) is 0 Å². The van der Waals surface area contributed by atoms with Gasteiger partial charge in [-0.1, -0.05) is 0 Å². The quantitative estimate of drug-likeness (QED) is 0.815. The SMILES string of the molecule is CSCC(C)NCc1cc(C(N)=O)ccc1F. The minimum absolute atomic E-state index is 0.293. The Bertz CT molecular complexity index is 398. The van der Waals surface area contributed by atoms with Crippen molar-refractivity contribution in [3.05, 3.63) is 35.1 Å². The third-order valence-electron chi connectivity index (χ3n) is 2.39. The molecular formula is C12H17FN2OS. The highest BCUT2D eigenvalue weighted by atomic mass is 32.2. The van der Waals surface area contributed by atoms with E-state index in [0.29, 0.717) is 23.7 Å². The van der Waals surface area contributed by atoms with Gasteiger partial charge in [-0.05, 0) is 31.4 Å². The number of rotatable bonds is 6. The van der Waals surface area contributed by atoms with Crippen LogP contribution in [0, 0.1) is 5.82 Å². The Kier molecular flexibility index (Phi) is 5.44. The first kappa shape index (κ1) is 14.0. The smallest absolute Gasteiger partial charge is 0.248 e. The predicted octanol–water partition coefficient (Wildman–Crippen LogP) is 1.77. The molecule has 0 aliphatic heterocycles. The summed E-state index contributed by atoms with van der Waals surface area (Å²) in [4.78, 5) is 11.0. The lowest BCUT2D eigenvalue weighted by molar-refractivity contribution is 0.1000. The molecule has 0 aliphatic carbocycles. The summed E-state index contributed by atoms with van der Waals surface area (Å²) in [6.07, 6.45) is 2.02. The lowest BCUT2D eigenvalue weighted by Crippen LogP contribution is -2.28. The lowest BCUT2D eigenvalue weighted by Gasteiger charge is -2.13. The number of amides is 1. The molecule has 1 atom stereocenters. The highest BCUT2D eigenvalue weighted by Gasteiger charge is 2.08. The van der Waals surface area contributed by atoms with Crippen LogP contribution in [0.4, 0.5) is 4.39 Å². The van der Waals surface area contributed by atoms with Crippen LogP contribution in [0.3, 0.4) is 0 Å². The Hall–Kier alpha value is -1.07. The van der Waals surface area contributed by atoms with Gasteiger partial charge in [-0.3, -0.25) is 4.79 Å². The highest BCUT2D eigenvalue weighted by Crippen LogP contribution is 2.10. The second kappa shape index (κ2) is 6.61. The van der Waals surface area contributed by atoms with E-state index in [0.717, 1.165) is 5.75 Å². The summed E-state index contributed by atoms with van der Waals surface area (Å²) in [6, 6.07) is 4.46. The molecular weight excluding hydrogens is 239 g/mol. The number of nitrogens with two attached hydrogens (primary N) is 1. The number of carbonyl (C=O) groups is 1. The standard InChI is InChI=1S/C12H17FN2OS/c1-8(7-17-2)15-6-10-5-9(12(14)16)3-4-11(10)13/h3-5,8,15H,6-7H2,1-2H3,(H2,14,16). The normalized spacial score (nSPS) is 12.4. The molecule has 1 amide bonds. The van der Waals surface area contributed by atoms with Gasteiger partial charge in [0, 0.05) is 29.5 Å². The van der Waals surface area contributed by atoms with E-state index in [1.165, 1.54) is 18.2 Å². The molecule has 3 nitrogen and oxygen atoms in total. The zero-order valence-corrected chi connectivity index (χ0v) is 10.8. The summed E-state index contributed by atoms with van der Waals surface area (Å²) in [5.74, 6) is 0.0965. The zero-order chi connectivity index (χ0) is 12.8. The van der Waals surface area contributed by atoms with E-state index in [4.69, 9.17) is 5.73 Å². The van der Waals surface area contributed by atoms with Gasteiger partial charge >= 0.3 is 0 Å². The highest BCUT2D eigenvalue weighted by molar-refractivity contribution is 7.98. The van der Waals surface area contributed by atoms with Crippen LogP contribution in [-0.4, -0.2) is 24.0 Å². The van der Waals surface area contributed by atoms with E-state index >= 15 is 0 Å². The molecule has 0 aliphatic rings. The van der Waals surface area contributed by atoms with Crippen molar-refractivity contribution in [1.29, 1.82) is 0 Å². The minimum Gasteiger partial charge on any atom is -0.366 e. The lowest BCUT2D eigenvalue weighted by atomic mass is 10.1. The van der Waals surface area contributed by atoms with Crippen molar-refractivity contribution >= 4 is 17.7 Å². The van der Waals surface area contributed by atoms with Crippen molar-refractivity contribution in [3.63, 3.8) is 0 Å². The average molecular weight is 256 g/mol. The number of carbonyl (C=O) groups excluding carboxylic acids is 1. The van der Waals surface area contributed by atoms with E-state index < -0.39 is 5.91 Å². The first-order chi connectivity index (χ1) is 8.04. The van der Waals surface area contributed by atoms with Gasteiger partial charge in [0.1, 0.15) is 5.82 Å². The summed E-state index contributed by atoms with van der Waals surface area (Å²) in [7, 11) is 0. The number of hydrogen-bond donors (Lipinski definition) is 2. The predicted molar refractivity (Wildman–Crippen MR) is 69.6 cm³/mol. The molecule has 1 rings (SSSR count). The molecule has 0 saturated carbocycles. The van der Waals surface area contributed by atoms with Crippen LogP contribution in [0.15, 0.2) is 18.2 Å². The maximum atomic E-state index is 13.5. The molecule has 17 heavy (non-hydrogen) atoms. The largest absolute Gasteiger partial charge is 0.366 e. The van der Waals surface area contributed by atoms with Crippen molar-refractivity contribution in [2.24, 2.45) is 5.73 Å². The number of nitrogens with one attached hydrogen (secondary N) is 1. The fourth-order valence-electron chi connectivity index (χ4n) is 1.46. The van der Waals surface area contributed by atoms with Crippen molar-refractivity contribution in [2.75, 3.05) is 12.0 Å². The molecule has 1 aromatic rings. The molecule has 0 spiro atoms. The summed E-state index contributed by atoms with van der Waals surface area (Å²) >= 11 is 1.73. The molecule has 0 fully saturated rings. The van der Waals surface area contributed by atoms with Gasteiger partial charge in [-0.15, -0.1) is 0 Å². The van der Waals surface area contributed by atoms with Crippen molar-refractivity contribution in [2.45, 2.75) is 19.5 Å². The molecule has 3 N–H and O–H groups in total. The van der Waals surface area contributed by atoms with E-state index in [9.17, 15) is 9.18 Å². The van der Waals surface area contributed by atoms with Crippen molar-refractivity contribution < 1.29 is 9.18 Å². The number of thioether (sulfide) groups is 1. The van der Waals surface area contributed by atoms with Gasteiger partial charge in [0.15, 0.2) is 0 Å². The van der Waals surface area contributed by atoms with Gasteiger partial charge in [0.2, 0.25) is 5.91 Å². The van der Waals surface area contributed by atoms with Crippen LogP contribution in [0.5, 0.6) is 0 Å². The van der Waals surface area contributed by atoms with Crippen molar-refractivity contribution in [1.82, 2.24) is 5.32 Å². The second-order valence-electron chi connectivity index (χ2n) is 3.91. The molecule has 0 aromatic heterocycles. The van der Waals surface area contributed by atoms with Crippen LogP contribution in [0.25, 0.3) is 0 Å². The molecule has 94 valence electrons. The van der Waals surface area contributed by atoms with Crippen LogP contribution >= 0.6 is 11.8 Å². The molecule has 5 heteroatoms. The van der Waals surface area contributed by atoms with E-state index in [1.807, 2.05) is 13.2 Å². The van der Waals surface area contributed by atoms with Gasteiger partial charge in [-0.25, -0.2) is 4.39 Å². The second-order valence-corrected chi connectivity index (χ2v) is 4.82. The van der Waals surface area contributed by atoms with Gasteiger partial charge < -0.3 is 11.1 Å². The summed E-state index contributed by atoms with van der Waals surface area (Å²) in [6.45, 7) is 2.43. The first-order valence-electron chi connectivity index (χ1n) is 5.35. The van der Waals surface area contributed by atoms with Crippen LogP contribution < -0.4 is 11.1 Å². The molecule has 0 radical (unpaired) electrons. The monoisotopic (exact) mass is 256 g/mol. The van der Waals surface area contributed by atoms with Gasteiger partial charge in [0.25, 0.3) is 0 Å². The zero-order valence-electron chi connectivity index (χ0n) is 10.00. The maximum absolute atomic E-state index is 13.5. The Labute approximate surface area is 105 Å². The Morgan fingerprint density at radius 2 is 2.29 bits per heavy atom. The fourth-order valence-corrected chi connectivity index (χ4v) is 2.07. The minimum atomic E-state index is -0.539. The molecule has 1 unspecified atom stereocenters. The van der Waals surface area contributed by atoms with Gasteiger partial charge in [-0.2, -0.15) is 11.8 Å². The van der Waals surface area contributed by atoms with Crippen LogP contribution in [0.2, 0.25) is 0 Å². The average Bonchev–Trinajstić information content (AvgIpc) is 2.28. The van der Waals surface area contributed by atoms with E-state index in [-0.39, 0.29) is 5.82 Å². The van der Waals surface area contributed by atoms with E-state index in [1.54, 1.807) is 11.8 Å². The third kappa shape index (κ3) is 4.36. The first-order valence-corrected chi connectivity index (χ1v) is 6.74. The number of halogens is 1. The summed E-state index contributed by atoms with van der Waals surface area (Å²) < 4.78 is 13.5. The molecule has 0 saturated heterocycles. The maximum Gasteiger partial charge on any atom is 0.248 e. The summed E-state index contributed by atoms with van der Waals surface area (Å²) in [5.41, 5.74) is 5.95. The number of hydrogen-bond acceptors (Lipinski definition) is 3. The fraction of sp³-hybridized carbons (Fsp3) is 0.417. The van der Waals surface area contributed by atoms with E-state index in [2.05, 4.69) is 5.32 Å². The molecule has 0 bridgehead atoms. The summed E-state index contributed by atoms with van der Waals surface area (Å²) in [5, 5.41) is 3.19. The topological polar surface area (TPSA) is 55.1 Å². The molecule has 1 aromatic carbocycles. The van der Waals surface area contributed by atoms with Crippen molar-refractivity contribution in [3.8, 4) is 0 Å². The third-order valence-corrected chi connectivity index (χ3v) is 3.22. The van der Waals surface area contributed by atoms with Crippen LogP contribution in [-0.2, 0) is 6.54 Å². The number of primary amides is 1. The molecule has 0 heterocycles. The Balaban J connectivity index is 2.69. The van der Waals surface area contributed by atoms with Crippen LogP contribution in [0.1, 0.15) is 22.8 Å².